The number of hydrogen-bond acceptors (Lipinski definition) is 7. The maximum Gasteiger partial charge on any atom is 0.344 e. The van der Waals surface area contributed by atoms with Crippen molar-refractivity contribution < 1.29 is 19.0 Å². The highest BCUT2D eigenvalue weighted by Crippen LogP contribution is 2.37. The SMILES string of the molecule is COc1ccc(-c2cc3ccc(O)c(CN4CCCC[C@H]4c4cccnc4)c3oc2=O)c(OC)c1. The van der Waals surface area contributed by atoms with E-state index in [-0.39, 0.29) is 11.8 Å². The molecule has 0 saturated carbocycles. The van der Waals surface area contributed by atoms with Crippen molar-refractivity contribution in [3.05, 3.63) is 82.5 Å². The molecule has 5 rings (SSSR count). The van der Waals surface area contributed by atoms with Crippen LogP contribution in [0.2, 0.25) is 0 Å². The Bertz CT molecular complexity index is 1400. The predicted molar refractivity (Wildman–Crippen MR) is 134 cm³/mol. The Kier molecular flexibility index (Phi) is 6.42. The molecule has 180 valence electrons. The monoisotopic (exact) mass is 472 g/mol. The molecule has 2 aromatic carbocycles. The van der Waals surface area contributed by atoms with Crippen molar-refractivity contribution in [1.82, 2.24) is 9.88 Å². The highest BCUT2D eigenvalue weighted by molar-refractivity contribution is 5.86. The van der Waals surface area contributed by atoms with Crippen LogP contribution in [0.1, 0.15) is 36.4 Å². The van der Waals surface area contributed by atoms with E-state index in [0.29, 0.717) is 40.3 Å². The van der Waals surface area contributed by atoms with Crippen molar-refractivity contribution >= 4 is 11.0 Å². The minimum atomic E-state index is -0.490. The maximum atomic E-state index is 13.1. The van der Waals surface area contributed by atoms with E-state index in [1.807, 2.05) is 12.3 Å². The molecule has 7 nitrogen and oxygen atoms in total. The third kappa shape index (κ3) is 4.47. The topological polar surface area (TPSA) is 85.0 Å². The molecule has 1 saturated heterocycles. The predicted octanol–water partition coefficient (Wildman–Crippen LogP) is 5.31. The van der Waals surface area contributed by atoms with Gasteiger partial charge < -0.3 is 19.0 Å². The van der Waals surface area contributed by atoms with Gasteiger partial charge in [0.25, 0.3) is 0 Å². The first-order valence-electron chi connectivity index (χ1n) is 11.7. The molecule has 1 fully saturated rings. The molecule has 4 aromatic rings. The van der Waals surface area contributed by atoms with E-state index in [1.165, 1.54) is 0 Å². The molecule has 35 heavy (non-hydrogen) atoms. The second-order valence-corrected chi connectivity index (χ2v) is 8.76. The number of fused-ring (bicyclic) bond motifs is 1. The zero-order valence-corrected chi connectivity index (χ0v) is 19.9. The Labute approximate surface area is 203 Å². The highest BCUT2D eigenvalue weighted by atomic mass is 16.5. The molecule has 0 unspecified atom stereocenters. The summed E-state index contributed by atoms with van der Waals surface area (Å²) in [5, 5.41) is 11.5. The van der Waals surface area contributed by atoms with Crippen molar-refractivity contribution in [3.8, 4) is 28.4 Å². The van der Waals surface area contributed by atoms with Crippen LogP contribution in [0, 0.1) is 0 Å². The molecule has 0 radical (unpaired) electrons. The number of benzene rings is 2. The number of aromatic hydroxyl groups is 1. The van der Waals surface area contributed by atoms with Gasteiger partial charge >= 0.3 is 5.63 Å². The Morgan fingerprint density at radius 1 is 1.09 bits per heavy atom. The minimum absolute atomic E-state index is 0.117. The van der Waals surface area contributed by atoms with Crippen molar-refractivity contribution in [2.45, 2.75) is 31.8 Å². The number of piperidine rings is 1. The molecular weight excluding hydrogens is 444 g/mol. The number of rotatable bonds is 6. The van der Waals surface area contributed by atoms with Crippen LogP contribution in [0.25, 0.3) is 22.1 Å². The first-order valence-corrected chi connectivity index (χ1v) is 11.7. The van der Waals surface area contributed by atoms with E-state index in [9.17, 15) is 9.90 Å². The highest BCUT2D eigenvalue weighted by Gasteiger charge is 2.26. The second-order valence-electron chi connectivity index (χ2n) is 8.76. The molecule has 1 atom stereocenters. The lowest BCUT2D eigenvalue weighted by molar-refractivity contribution is 0.139. The maximum absolute atomic E-state index is 13.1. The van der Waals surface area contributed by atoms with Gasteiger partial charge in [-0.15, -0.1) is 0 Å². The van der Waals surface area contributed by atoms with Crippen LogP contribution < -0.4 is 15.1 Å². The first-order chi connectivity index (χ1) is 17.1. The largest absolute Gasteiger partial charge is 0.507 e. The lowest BCUT2D eigenvalue weighted by Gasteiger charge is -2.36. The van der Waals surface area contributed by atoms with Crippen LogP contribution in [0.3, 0.4) is 0 Å². The van der Waals surface area contributed by atoms with Crippen LogP contribution in [-0.4, -0.2) is 35.8 Å². The molecule has 3 heterocycles. The minimum Gasteiger partial charge on any atom is -0.507 e. The molecule has 0 amide bonds. The number of pyridine rings is 1. The average Bonchev–Trinajstić information content (AvgIpc) is 2.90. The summed E-state index contributed by atoms with van der Waals surface area (Å²) in [5.41, 5.74) is 2.69. The van der Waals surface area contributed by atoms with Crippen LogP contribution >= 0.6 is 0 Å². The number of likely N-dealkylation sites (tertiary alicyclic amines) is 1. The zero-order valence-electron chi connectivity index (χ0n) is 19.9. The Balaban J connectivity index is 1.56. The fourth-order valence-electron chi connectivity index (χ4n) is 4.93. The van der Waals surface area contributed by atoms with Crippen molar-refractivity contribution in [1.29, 1.82) is 0 Å². The number of ether oxygens (including phenoxy) is 2. The molecule has 1 aliphatic heterocycles. The third-order valence-corrected chi connectivity index (χ3v) is 6.72. The molecule has 1 aliphatic rings. The number of methoxy groups -OCH3 is 2. The van der Waals surface area contributed by atoms with Gasteiger partial charge in [0.2, 0.25) is 0 Å². The molecule has 0 aliphatic carbocycles. The van der Waals surface area contributed by atoms with Gasteiger partial charge in [-0.1, -0.05) is 12.5 Å². The van der Waals surface area contributed by atoms with Crippen LogP contribution in [0.15, 0.2) is 70.1 Å². The average molecular weight is 473 g/mol. The van der Waals surface area contributed by atoms with E-state index in [4.69, 9.17) is 13.9 Å². The molecule has 0 spiro atoms. The summed E-state index contributed by atoms with van der Waals surface area (Å²) in [6.45, 7) is 1.36. The third-order valence-electron chi connectivity index (χ3n) is 6.72. The Hall–Kier alpha value is -3.84. The summed E-state index contributed by atoms with van der Waals surface area (Å²) in [6.07, 6.45) is 6.91. The molecule has 7 heteroatoms. The fraction of sp³-hybridized carbons (Fsp3) is 0.286. The van der Waals surface area contributed by atoms with Gasteiger partial charge in [0.15, 0.2) is 0 Å². The summed E-state index contributed by atoms with van der Waals surface area (Å²) in [4.78, 5) is 19.8. The Morgan fingerprint density at radius 3 is 2.74 bits per heavy atom. The second kappa shape index (κ2) is 9.80. The van der Waals surface area contributed by atoms with Crippen LogP contribution in [0.4, 0.5) is 0 Å². The molecule has 2 aromatic heterocycles. The standard InChI is InChI=1S/C28H28N2O5/c1-33-20-9-10-21(26(15-20)34-2)22-14-18-8-11-25(31)23(27(18)35-28(22)32)17-30-13-4-3-7-24(30)19-6-5-12-29-16-19/h5-6,8-12,14-16,24,31H,3-4,7,13,17H2,1-2H3/t24-/m0/s1. The van der Waals surface area contributed by atoms with E-state index in [1.54, 1.807) is 56.8 Å². The van der Waals surface area contributed by atoms with Gasteiger partial charge in [-0.25, -0.2) is 4.79 Å². The van der Waals surface area contributed by atoms with Crippen LogP contribution in [-0.2, 0) is 6.54 Å². The summed E-state index contributed by atoms with van der Waals surface area (Å²) >= 11 is 0. The fourth-order valence-corrected chi connectivity index (χ4v) is 4.93. The van der Waals surface area contributed by atoms with Crippen molar-refractivity contribution in [2.24, 2.45) is 0 Å². The lowest BCUT2D eigenvalue weighted by atomic mass is 9.95. The Morgan fingerprint density at radius 2 is 1.97 bits per heavy atom. The van der Waals surface area contributed by atoms with Gasteiger partial charge in [0, 0.05) is 42.0 Å². The van der Waals surface area contributed by atoms with E-state index < -0.39 is 5.63 Å². The summed E-state index contributed by atoms with van der Waals surface area (Å²) in [7, 11) is 3.13. The number of nitrogens with zero attached hydrogens (tertiary/aromatic N) is 2. The zero-order chi connectivity index (χ0) is 24.4. The van der Waals surface area contributed by atoms with E-state index in [2.05, 4.69) is 16.0 Å². The van der Waals surface area contributed by atoms with Gasteiger partial charge in [0.1, 0.15) is 22.8 Å². The van der Waals surface area contributed by atoms with Crippen molar-refractivity contribution in [3.63, 3.8) is 0 Å². The van der Waals surface area contributed by atoms with Gasteiger partial charge in [0.05, 0.1) is 25.3 Å². The smallest absolute Gasteiger partial charge is 0.344 e. The number of phenolic OH excluding ortho intramolecular Hbond substituents is 1. The van der Waals surface area contributed by atoms with E-state index in [0.717, 1.165) is 36.8 Å². The summed E-state index contributed by atoms with van der Waals surface area (Å²) in [6, 6.07) is 14.8. The quantitative estimate of drug-likeness (QED) is 0.381. The van der Waals surface area contributed by atoms with Crippen LogP contribution in [0.5, 0.6) is 17.2 Å². The number of aromatic nitrogens is 1. The van der Waals surface area contributed by atoms with Crippen molar-refractivity contribution in [2.75, 3.05) is 20.8 Å². The lowest BCUT2D eigenvalue weighted by Crippen LogP contribution is -2.33. The van der Waals surface area contributed by atoms with Gasteiger partial charge in [-0.2, -0.15) is 0 Å². The first kappa shape index (κ1) is 22.9. The number of phenols is 1. The number of hydrogen-bond donors (Lipinski definition) is 1. The molecular formula is C28H28N2O5. The van der Waals surface area contributed by atoms with Gasteiger partial charge in [-0.05, 0) is 61.3 Å². The summed E-state index contributed by atoms with van der Waals surface area (Å²) in [5.74, 6) is 1.27. The summed E-state index contributed by atoms with van der Waals surface area (Å²) < 4.78 is 16.6. The van der Waals surface area contributed by atoms with E-state index >= 15 is 0 Å². The molecule has 1 N–H and O–H groups in total. The normalized spacial score (nSPS) is 16.3. The van der Waals surface area contributed by atoms with Gasteiger partial charge in [-0.3, -0.25) is 9.88 Å². The molecule has 0 bridgehead atoms.